The van der Waals surface area contributed by atoms with Crippen LogP contribution in [0.1, 0.15) is 31.4 Å². The highest BCUT2D eigenvalue weighted by Gasteiger charge is 2.18. The number of rotatable bonds is 11. The summed E-state index contributed by atoms with van der Waals surface area (Å²) in [5, 5.41) is 9.20. The summed E-state index contributed by atoms with van der Waals surface area (Å²) in [4.78, 5) is 25.1. The lowest BCUT2D eigenvalue weighted by atomic mass is 10.0. The Morgan fingerprint density at radius 1 is 0.972 bits per heavy atom. The summed E-state index contributed by atoms with van der Waals surface area (Å²) >= 11 is 0. The van der Waals surface area contributed by atoms with Gasteiger partial charge in [-0.3, -0.25) is 9.59 Å². The van der Waals surface area contributed by atoms with Gasteiger partial charge in [-0.15, -0.1) is 0 Å². The molecule has 0 fully saturated rings. The Balaban J connectivity index is 1.67. The van der Waals surface area contributed by atoms with Gasteiger partial charge in [-0.25, -0.2) is 8.78 Å². The maximum atomic E-state index is 13.7. The van der Waals surface area contributed by atoms with E-state index in [0.29, 0.717) is 16.9 Å². The summed E-state index contributed by atoms with van der Waals surface area (Å²) in [7, 11) is 1.39. The van der Waals surface area contributed by atoms with Crippen LogP contribution in [0, 0.1) is 17.6 Å². The zero-order valence-corrected chi connectivity index (χ0v) is 20.5. The summed E-state index contributed by atoms with van der Waals surface area (Å²) in [5.41, 5.74) is 2.72. The molecular weight excluding hydrogens is 468 g/mol. The molecule has 0 bridgehead atoms. The van der Waals surface area contributed by atoms with Crippen LogP contribution in [0.4, 0.5) is 8.78 Å². The molecule has 0 unspecified atom stereocenters. The van der Waals surface area contributed by atoms with Gasteiger partial charge in [0.05, 0.1) is 7.11 Å². The van der Waals surface area contributed by atoms with E-state index in [0.717, 1.165) is 23.3 Å². The molecule has 0 saturated heterocycles. The molecule has 3 aromatic rings. The minimum atomic E-state index is -1.06. The lowest BCUT2D eigenvalue weighted by Gasteiger charge is -2.22. The molecule has 0 aromatic heterocycles. The van der Waals surface area contributed by atoms with Crippen LogP contribution >= 0.6 is 0 Å². The van der Waals surface area contributed by atoms with Gasteiger partial charge < -0.3 is 19.5 Å². The summed E-state index contributed by atoms with van der Waals surface area (Å²) in [6.07, 6.45) is 0.280. The fourth-order valence-corrected chi connectivity index (χ4v) is 3.73. The van der Waals surface area contributed by atoms with Crippen molar-refractivity contribution in [2.75, 3.05) is 13.7 Å². The Kier molecular flexibility index (Phi) is 9.00. The topological polar surface area (TPSA) is 76.1 Å². The van der Waals surface area contributed by atoms with Crippen LogP contribution in [0.2, 0.25) is 0 Å². The van der Waals surface area contributed by atoms with E-state index in [1.165, 1.54) is 12.0 Å². The first-order valence-corrected chi connectivity index (χ1v) is 11.5. The lowest BCUT2D eigenvalue weighted by Crippen LogP contribution is -2.35. The lowest BCUT2D eigenvalue weighted by molar-refractivity contribution is -0.145. The molecule has 36 heavy (non-hydrogen) atoms. The van der Waals surface area contributed by atoms with Crippen LogP contribution in [-0.4, -0.2) is 35.5 Å². The van der Waals surface area contributed by atoms with Gasteiger partial charge in [0.1, 0.15) is 24.7 Å². The van der Waals surface area contributed by atoms with Gasteiger partial charge in [0.15, 0.2) is 11.6 Å². The number of carbonyl (C=O) groups is 2. The number of amides is 1. The predicted octanol–water partition coefficient (Wildman–Crippen LogP) is 5.68. The Labute approximate surface area is 209 Å². The van der Waals surface area contributed by atoms with Crippen molar-refractivity contribution in [1.29, 1.82) is 0 Å². The molecule has 8 heteroatoms. The minimum Gasteiger partial charge on any atom is -0.496 e. The molecule has 0 aliphatic carbocycles. The van der Waals surface area contributed by atoms with E-state index in [1.807, 2.05) is 38.1 Å². The normalized spacial score (nSPS) is 10.8. The molecule has 0 heterocycles. The van der Waals surface area contributed by atoms with Crippen LogP contribution in [0.15, 0.2) is 60.7 Å². The smallest absolute Gasteiger partial charge is 0.323 e. The van der Waals surface area contributed by atoms with Crippen molar-refractivity contribution in [3.05, 3.63) is 83.4 Å². The average molecular weight is 498 g/mol. The standard InChI is InChI=1S/C28H29F2NO5/c1-18(2)11-27(32)31(16-28(33)34)15-19-5-4-6-20(12-19)17-36-22-9-7-21(8-10-22)23-13-24(29)25(30)14-26(23)35-3/h4-10,12-14,18H,11,15-17H2,1-3H3,(H,33,34). The molecule has 3 rings (SSSR count). The predicted molar refractivity (Wildman–Crippen MR) is 132 cm³/mol. The maximum absolute atomic E-state index is 13.7. The number of aliphatic carboxylic acids is 1. The molecule has 3 aromatic carbocycles. The second kappa shape index (κ2) is 12.2. The van der Waals surface area contributed by atoms with Crippen molar-refractivity contribution in [3.8, 4) is 22.6 Å². The number of hydrogen-bond acceptors (Lipinski definition) is 4. The Morgan fingerprint density at radius 2 is 1.64 bits per heavy atom. The summed E-state index contributed by atoms with van der Waals surface area (Å²) in [6.45, 7) is 3.91. The van der Waals surface area contributed by atoms with Crippen molar-refractivity contribution in [3.63, 3.8) is 0 Å². The van der Waals surface area contributed by atoms with E-state index < -0.39 is 17.6 Å². The van der Waals surface area contributed by atoms with E-state index in [9.17, 15) is 23.5 Å². The first-order valence-electron chi connectivity index (χ1n) is 11.5. The largest absolute Gasteiger partial charge is 0.496 e. The van der Waals surface area contributed by atoms with E-state index in [1.54, 1.807) is 24.3 Å². The fourth-order valence-electron chi connectivity index (χ4n) is 3.73. The zero-order valence-electron chi connectivity index (χ0n) is 20.5. The van der Waals surface area contributed by atoms with Gasteiger partial charge >= 0.3 is 5.97 Å². The molecule has 0 atom stereocenters. The summed E-state index contributed by atoms with van der Waals surface area (Å²) < 4.78 is 38.3. The molecule has 0 aliphatic rings. The van der Waals surface area contributed by atoms with Gasteiger partial charge in [-0.2, -0.15) is 0 Å². The van der Waals surface area contributed by atoms with E-state index >= 15 is 0 Å². The molecule has 0 radical (unpaired) electrons. The van der Waals surface area contributed by atoms with Gasteiger partial charge in [0.25, 0.3) is 0 Å². The van der Waals surface area contributed by atoms with Crippen molar-refractivity contribution in [2.24, 2.45) is 5.92 Å². The number of hydrogen-bond donors (Lipinski definition) is 1. The third-order valence-electron chi connectivity index (χ3n) is 5.44. The number of carbonyl (C=O) groups excluding carboxylic acids is 1. The number of ether oxygens (including phenoxy) is 2. The number of carboxylic acid groups (broad SMARTS) is 1. The van der Waals surface area contributed by atoms with Crippen LogP contribution < -0.4 is 9.47 Å². The third-order valence-corrected chi connectivity index (χ3v) is 5.44. The molecule has 0 spiro atoms. The van der Waals surface area contributed by atoms with Crippen molar-refractivity contribution in [1.82, 2.24) is 4.90 Å². The van der Waals surface area contributed by atoms with Gasteiger partial charge in [-0.1, -0.05) is 50.2 Å². The van der Waals surface area contributed by atoms with Crippen molar-refractivity contribution in [2.45, 2.75) is 33.4 Å². The SMILES string of the molecule is COc1cc(F)c(F)cc1-c1ccc(OCc2cccc(CN(CC(=O)O)C(=O)CC(C)C)c2)cc1. The van der Waals surface area contributed by atoms with Gasteiger partial charge in [0.2, 0.25) is 5.91 Å². The number of nitrogens with zero attached hydrogens (tertiary/aromatic N) is 1. The number of methoxy groups -OCH3 is 1. The van der Waals surface area contributed by atoms with E-state index in [4.69, 9.17) is 9.47 Å². The van der Waals surface area contributed by atoms with Crippen LogP contribution in [0.5, 0.6) is 11.5 Å². The van der Waals surface area contributed by atoms with Gasteiger partial charge in [0, 0.05) is 24.6 Å². The average Bonchev–Trinajstić information content (AvgIpc) is 2.83. The molecule has 1 N–H and O–H groups in total. The zero-order chi connectivity index (χ0) is 26.2. The molecular formula is C28H29F2NO5. The highest BCUT2D eigenvalue weighted by Crippen LogP contribution is 2.33. The number of benzene rings is 3. The summed E-state index contributed by atoms with van der Waals surface area (Å²) in [6, 6.07) is 16.4. The molecule has 6 nitrogen and oxygen atoms in total. The van der Waals surface area contributed by atoms with Crippen LogP contribution in [-0.2, 0) is 22.7 Å². The number of halogens is 2. The fraction of sp³-hybridized carbons (Fsp3) is 0.286. The first kappa shape index (κ1) is 26.7. The van der Waals surface area contributed by atoms with E-state index in [2.05, 4.69) is 0 Å². The summed E-state index contributed by atoms with van der Waals surface area (Å²) in [5.74, 6) is -2.27. The Hall–Kier alpha value is -3.94. The Bertz CT molecular complexity index is 1210. The second-order valence-corrected chi connectivity index (χ2v) is 8.84. The maximum Gasteiger partial charge on any atom is 0.323 e. The Morgan fingerprint density at radius 3 is 2.28 bits per heavy atom. The first-order chi connectivity index (χ1) is 17.2. The third kappa shape index (κ3) is 7.28. The van der Waals surface area contributed by atoms with E-state index in [-0.39, 0.29) is 43.7 Å². The van der Waals surface area contributed by atoms with Crippen LogP contribution in [0.25, 0.3) is 11.1 Å². The molecule has 1 amide bonds. The minimum absolute atomic E-state index is 0.128. The molecule has 0 aliphatic heterocycles. The highest BCUT2D eigenvalue weighted by molar-refractivity contribution is 5.81. The van der Waals surface area contributed by atoms with Crippen LogP contribution in [0.3, 0.4) is 0 Å². The van der Waals surface area contributed by atoms with Gasteiger partial charge in [-0.05, 0) is 40.8 Å². The van der Waals surface area contributed by atoms with Crippen molar-refractivity contribution >= 4 is 11.9 Å². The number of carboxylic acids is 1. The monoisotopic (exact) mass is 497 g/mol. The molecule has 190 valence electrons. The molecule has 0 saturated carbocycles. The quantitative estimate of drug-likeness (QED) is 0.369. The van der Waals surface area contributed by atoms with Crippen molar-refractivity contribution < 1.29 is 33.0 Å². The second-order valence-electron chi connectivity index (χ2n) is 8.84. The highest BCUT2D eigenvalue weighted by atomic mass is 19.2.